The van der Waals surface area contributed by atoms with E-state index in [9.17, 15) is 13.2 Å². The van der Waals surface area contributed by atoms with Crippen molar-refractivity contribution >= 4 is 15.9 Å². The average Bonchev–Trinajstić information content (AvgIpc) is 2.43. The number of sulfonamides is 1. The van der Waals surface area contributed by atoms with Gasteiger partial charge in [0.2, 0.25) is 10.0 Å². The largest absolute Gasteiger partial charge is 0.493 e. The molecular formula is C13H20N2O5S. The number of methoxy groups -OCH3 is 1. The summed E-state index contributed by atoms with van der Waals surface area (Å²) in [6.07, 6.45) is -0.161. The number of nitrogens with two attached hydrogens (primary N) is 1. The van der Waals surface area contributed by atoms with Crippen molar-refractivity contribution < 1.29 is 22.7 Å². The zero-order chi connectivity index (χ0) is 16.0. The Hall–Kier alpha value is -1.64. The van der Waals surface area contributed by atoms with E-state index in [4.69, 9.17) is 14.6 Å². The molecule has 8 heteroatoms. The molecule has 0 aromatic heterocycles. The second kappa shape index (κ2) is 7.39. The highest BCUT2D eigenvalue weighted by molar-refractivity contribution is 7.89. The minimum Gasteiger partial charge on any atom is -0.493 e. The molecule has 1 unspecified atom stereocenters. The summed E-state index contributed by atoms with van der Waals surface area (Å²) in [7, 11) is -2.35. The first-order valence-corrected chi connectivity index (χ1v) is 7.94. The zero-order valence-corrected chi connectivity index (χ0v) is 13.1. The van der Waals surface area contributed by atoms with Gasteiger partial charge in [-0.05, 0) is 32.0 Å². The summed E-state index contributed by atoms with van der Waals surface area (Å²) in [5, 5.41) is 7.72. The molecule has 0 radical (unpaired) electrons. The monoisotopic (exact) mass is 316 g/mol. The number of benzene rings is 1. The standard InChI is InChI=1S/C13H20N2O5S/c1-4-20-12-6-5-10(21(14,17)18)7-11(12)13(16)15-8-9(2)19-3/h5-7,9H,4,8H2,1-3H3,(H,15,16)(H2,14,17,18). The van der Waals surface area contributed by atoms with E-state index in [0.29, 0.717) is 18.9 Å². The summed E-state index contributed by atoms with van der Waals surface area (Å²) in [6, 6.07) is 3.92. The Labute approximate surface area is 124 Å². The van der Waals surface area contributed by atoms with Crippen LogP contribution in [-0.4, -0.2) is 40.7 Å². The lowest BCUT2D eigenvalue weighted by Crippen LogP contribution is -2.32. The van der Waals surface area contributed by atoms with Crippen molar-refractivity contribution in [1.82, 2.24) is 5.32 Å². The zero-order valence-electron chi connectivity index (χ0n) is 12.3. The minimum absolute atomic E-state index is 0.117. The van der Waals surface area contributed by atoms with Gasteiger partial charge >= 0.3 is 0 Å². The van der Waals surface area contributed by atoms with E-state index in [0.717, 1.165) is 0 Å². The maximum absolute atomic E-state index is 12.2. The van der Waals surface area contributed by atoms with Crippen LogP contribution < -0.4 is 15.2 Å². The third kappa shape index (κ3) is 5.00. The number of carbonyl (C=O) groups excluding carboxylic acids is 1. The molecule has 0 aliphatic rings. The second-order valence-electron chi connectivity index (χ2n) is 4.39. The van der Waals surface area contributed by atoms with E-state index < -0.39 is 15.9 Å². The van der Waals surface area contributed by atoms with Crippen LogP contribution in [0.5, 0.6) is 5.75 Å². The highest BCUT2D eigenvalue weighted by Crippen LogP contribution is 2.22. The van der Waals surface area contributed by atoms with E-state index in [1.165, 1.54) is 25.3 Å². The molecule has 1 atom stereocenters. The lowest BCUT2D eigenvalue weighted by molar-refractivity contribution is 0.0867. The highest BCUT2D eigenvalue weighted by Gasteiger charge is 2.18. The van der Waals surface area contributed by atoms with Crippen LogP contribution in [0, 0.1) is 0 Å². The Bertz CT molecular complexity index is 601. The predicted molar refractivity (Wildman–Crippen MR) is 77.8 cm³/mol. The van der Waals surface area contributed by atoms with Crippen molar-refractivity contribution in [1.29, 1.82) is 0 Å². The summed E-state index contributed by atoms with van der Waals surface area (Å²) in [5.74, 6) is -0.152. The summed E-state index contributed by atoms with van der Waals surface area (Å²) in [4.78, 5) is 12.0. The van der Waals surface area contributed by atoms with Crippen LogP contribution in [0.15, 0.2) is 23.1 Å². The van der Waals surface area contributed by atoms with Gasteiger partial charge in [-0.15, -0.1) is 0 Å². The molecule has 3 N–H and O–H groups in total. The van der Waals surface area contributed by atoms with Crippen LogP contribution >= 0.6 is 0 Å². The van der Waals surface area contributed by atoms with Crippen molar-refractivity contribution in [2.24, 2.45) is 5.14 Å². The van der Waals surface area contributed by atoms with Gasteiger partial charge in [-0.2, -0.15) is 0 Å². The SMILES string of the molecule is CCOc1ccc(S(N)(=O)=O)cc1C(=O)NCC(C)OC. The first-order valence-electron chi connectivity index (χ1n) is 6.40. The van der Waals surface area contributed by atoms with Crippen molar-refractivity contribution in [2.75, 3.05) is 20.3 Å². The molecule has 0 saturated heterocycles. The van der Waals surface area contributed by atoms with Crippen LogP contribution in [0.3, 0.4) is 0 Å². The van der Waals surface area contributed by atoms with E-state index >= 15 is 0 Å². The molecule has 1 rings (SSSR count). The van der Waals surface area contributed by atoms with Crippen LogP contribution in [0.2, 0.25) is 0 Å². The predicted octanol–water partition coefficient (Wildman–Crippen LogP) is 0.497. The van der Waals surface area contributed by atoms with Crippen molar-refractivity contribution in [3.8, 4) is 5.75 Å². The van der Waals surface area contributed by atoms with Gasteiger partial charge in [-0.3, -0.25) is 4.79 Å². The van der Waals surface area contributed by atoms with E-state index in [-0.39, 0.29) is 16.6 Å². The Kier molecular flexibility index (Phi) is 6.13. The fourth-order valence-electron chi connectivity index (χ4n) is 1.56. The Morgan fingerprint density at radius 1 is 1.43 bits per heavy atom. The summed E-state index contributed by atoms with van der Waals surface area (Å²) in [6.45, 7) is 4.21. The molecule has 7 nitrogen and oxygen atoms in total. The van der Waals surface area contributed by atoms with Gasteiger partial charge in [0.1, 0.15) is 5.75 Å². The molecule has 0 heterocycles. The number of hydrogen-bond acceptors (Lipinski definition) is 5. The van der Waals surface area contributed by atoms with Gasteiger partial charge < -0.3 is 14.8 Å². The van der Waals surface area contributed by atoms with Crippen LogP contribution in [-0.2, 0) is 14.8 Å². The third-order valence-electron chi connectivity index (χ3n) is 2.78. The van der Waals surface area contributed by atoms with Crippen LogP contribution in [0.25, 0.3) is 0 Å². The molecule has 1 aromatic carbocycles. The van der Waals surface area contributed by atoms with E-state index in [1.54, 1.807) is 13.8 Å². The van der Waals surface area contributed by atoms with E-state index in [1.807, 2.05) is 0 Å². The van der Waals surface area contributed by atoms with Gasteiger partial charge in [0.25, 0.3) is 5.91 Å². The molecule has 0 aliphatic heterocycles. The second-order valence-corrected chi connectivity index (χ2v) is 5.95. The number of ether oxygens (including phenoxy) is 2. The van der Waals surface area contributed by atoms with Gasteiger partial charge in [-0.25, -0.2) is 13.6 Å². The normalized spacial score (nSPS) is 12.8. The molecule has 0 bridgehead atoms. The van der Waals surface area contributed by atoms with Crippen molar-refractivity contribution in [3.63, 3.8) is 0 Å². The number of carbonyl (C=O) groups is 1. The quantitative estimate of drug-likeness (QED) is 0.761. The highest BCUT2D eigenvalue weighted by atomic mass is 32.2. The van der Waals surface area contributed by atoms with Crippen molar-refractivity contribution in [2.45, 2.75) is 24.8 Å². The molecule has 118 valence electrons. The smallest absolute Gasteiger partial charge is 0.255 e. The van der Waals surface area contributed by atoms with Gasteiger partial charge in [-0.1, -0.05) is 0 Å². The average molecular weight is 316 g/mol. The molecule has 0 fully saturated rings. The van der Waals surface area contributed by atoms with Crippen LogP contribution in [0.4, 0.5) is 0 Å². The summed E-state index contributed by atoms with van der Waals surface area (Å²) in [5.41, 5.74) is 0.117. The minimum atomic E-state index is -3.89. The number of amides is 1. The first kappa shape index (κ1) is 17.4. The lowest BCUT2D eigenvalue weighted by Gasteiger charge is -2.14. The maximum atomic E-state index is 12.2. The Balaban J connectivity index is 3.08. The van der Waals surface area contributed by atoms with Gasteiger partial charge in [0.15, 0.2) is 0 Å². The number of nitrogens with one attached hydrogen (secondary N) is 1. The molecule has 1 aromatic rings. The molecule has 0 spiro atoms. The van der Waals surface area contributed by atoms with Crippen LogP contribution in [0.1, 0.15) is 24.2 Å². The fourth-order valence-corrected chi connectivity index (χ4v) is 2.10. The molecule has 0 saturated carbocycles. The number of rotatable bonds is 7. The third-order valence-corrected chi connectivity index (χ3v) is 3.69. The van der Waals surface area contributed by atoms with Gasteiger partial charge in [0.05, 0.1) is 23.2 Å². The Morgan fingerprint density at radius 3 is 2.62 bits per heavy atom. The molecule has 1 amide bonds. The topological polar surface area (TPSA) is 108 Å². The van der Waals surface area contributed by atoms with Gasteiger partial charge in [0, 0.05) is 13.7 Å². The molecule has 0 aliphatic carbocycles. The number of hydrogen-bond donors (Lipinski definition) is 2. The lowest BCUT2D eigenvalue weighted by atomic mass is 10.2. The molecular weight excluding hydrogens is 296 g/mol. The first-order chi connectivity index (χ1) is 9.79. The number of primary sulfonamides is 1. The molecule has 21 heavy (non-hydrogen) atoms. The summed E-state index contributed by atoms with van der Waals surface area (Å²) >= 11 is 0. The Morgan fingerprint density at radius 2 is 2.10 bits per heavy atom. The van der Waals surface area contributed by atoms with E-state index in [2.05, 4.69) is 5.32 Å². The summed E-state index contributed by atoms with van der Waals surface area (Å²) < 4.78 is 33.1. The maximum Gasteiger partial charge on any atom is 0.255 e. The fraction of sp³-hybridized carbons (Fsp3) is 0.462. The van der Waals surface area contributed by atoms with Crippen molar-refractivity contribution in [3.05, 3.63) is 23.8 Å².